The highest BCUT2D eigenvalue weighted by molar-refractivity contribution is 7.10. The lowest BCUT2D eigenvalue weighted by molar-refractivity contribution is -0.142. The van der Waals surface area contributed by atoms with Crippen molar-refractivity contribution in [3.63, 3.8) is 0 Å². The summed E-state index contributed by atoms with van der Waals surface area (Å²) in [4.78, 5) is 37.0. The van der Waals surface area contributed by atoms with E-state index in [1.165, 1.54) is 16.2 Å². The van der Waals surface area contributed by atoms with E-state index in [1.807, 2.05) is 5.38 Å². The molecule has 0 radical (unpaired) electrons. The molecule has 2 rings (SSSR count). The largest absolute Gasteiger partial charge is 0.479 e. The number of nitrogens with one attached hydrogen (secondary N) is 1. The Balaban J connectivity index is 2.07. The molecule has 0 saturated heterocycles. The van der Waals surface area contributed by atoms with Gasteiger partial charge in [0.05, 0.1) is 6.61 Å². The van der Waals surface area contributed by atoms with Gasteiger partial charge in [0, 0.05) is 11.4 Å². The molecule has 0 aromatic carbocycles. The van der Waals surface area contributed by atoms with Crippen LogP contribution in [0.4, 0.5) is 4.79 Å². The fourth-order valence-electron chi connectivity index (χ4n) is 2.26. The Morgan fingerprint density at radius 3 is 2.95 bits per heavy atom. The van der Waals surface area contributed by atoms with E-state index in [0.717, 1.165) is 4.88 Å². The molecule has 0 saturated carbocycles. The minimum Gasteiger partial charge on any atom is -0.479 e. The van der Waals surface area contributed by atoms with Crippen LogP contribution in [0.2, 0.25) is 0 Å². The number of urea groups is 1. The minimum absolute atomic E-state index is 0.231. The monoisotopic (exact) mass is 312 g/mol. The number of esters is 1. The van der Waals surface area contributed by atoms with Crippen molar-refractivity contribution in [3.8, 4) is 0 Å². The van der Waals surface area contributed by atoms with Crippen LogP contribution in [-0.2, 0) is 20.7 Å². The first-order valence-electron chi connectivity index (χ1n) is 6.53. The third kappa shape index (κ3) is 3.33. The molecule has 1 aliphatic rings. The molecular weight excluding hydrogens is 296 g/mol. The molecule has 7 nitrogen and oxygen atoms in total. The number of hydrogen-bond donors (Lipinski definition) is 2. The van der Waals surface area contributed by atoms with E-state index >= 15 is 0 Å². The normalized spacial score (nSPS) is 17.0. The Bertz CT molecular complexity index is 557. The number of hydrogen-bond acceptors (Lipinski definition) is 5. The molecule has 1 aromatic rings. The van der Waals surface area contributed by atoms with Crippen LogP contribution in [0.1, 0.15) is 23.4 Å². The molecule has 2 amide bonds. The van der Waals surface area contributed by atoms with Crippen LogP contribution in [0.3, 0.4) is 0 Å². The molecule has 2 heterocycles. The van der Waals surface area contributed by atoms with Crippen LogP contribution in [0.5, 0.6) is 0 Å². The fraction of sp³-hybridized carbons (Fsp3) is 0.462. The summed E-state index contributed by atoms with van der Waals surface area (Å²) in [5.74, 6) is -1.63. The number of aliphatic carboxylic acids is 1. The first-order valence-corrected chi connectivity index (χ1v) is 7.41. The van der Waals surface area contributed by atoms with Gasteiger partial charge in [-0.15, -0.1) is 11.3 Å². The molecule has 1 unspecified atom stereocenters. The van der Waals surface area contributed by atoms with Gasteiger partial charge in [-0.05, 0) is 30.4 Å². The predicted octanol–water partition coefficient (Wildman–Crippen LogP) is 1.00. The number of nitrogens with zero attached hydrogens (tertiary/aromatic N) is 1. The smallest absolute Gasteiger partial charge is 0.331 e. The second kappa shape index (κ2) is 6.57. The fourth-order valence-corrected chi connectivity index (χ4v) is 3.17. The predicted molar refractivity (Wildman–Crippen MR) is 75.1 cm³/mol. The Labute approximate surface area is 125 Å². The maximum absolute atomic E-state index is 12.1. The van der Waals surface area contributed by atoms with Gasteiger partial charge in [0.1, 0.15) is 6.54 Å². The Morgan fingerprint density at radius 2 is 2.29 bits per heavy atom. The highest BCUT2D eigenvalue weighted by atomic mass is 32.1. The van der Waals surface area contributed by atoms with Gasteiger partial charge < -0.3 is 20.1 Å². The summed E-state index contributed by atoms with van der Waals surface area (Å²) in [7, 11) is 0. The van der Waals surface area contributed by atoms with Crippen molar-refractivity contribution in [2.45, 2.75) is 19.4 Å². The second-order valence-corrected chi connectivity index (χ2v) is 5.45. The standard InChI is InChI=1S/C13H16N2O5S/c1-2-20-10(16)7-14-13(19)15-5-3-9-8(4-6-21-9)11(15)12(17)18/h4,6,11H,2-3,5,7H2,1H3,(H,14,19)(H,17,18). The zero-order valence-corrected chi connectivity index (χ0v) is 12.3. The molecule has 1 atom stereocenters. The van der Waals surface area contributed by atoms with Crippen molar-refractivity contribution in [2.75, 3.05) is 19.7 Å². The number of carboxylic acid groups (broad SMARTS) is 1. The molecule has 1 aromatic heterocycles. The summed E-state index contributed by atoms with van der Waals surface area (Å²) >= 11 is 1.49. The first-order chi connectivity index (χ1) is 10.0. The van der Waals surface area contributed by atoms with Crippen LogP contribution in [0, 0.1) is 0 Å². The molecule has 2 N–H and O–H groups in total. The van der Waals surface area contributed by atoms with Crippen molar-refractivity contribution in [3.05, 3.63) is 21.9 Å². The summed E-state index contributed by atoms with van der Waals surface area (Å²) in [6.45, 7) is 1.93. The maximum Gasteiger partial charge on any atom is 0.331 e. The van der Waals surface area contributed by atoms with Crippen LogP contribution < -0.4 is 5.32 Å². The number of carbonyl (C=O) groups is 3. The first kappa shape index (κ1) is 15.3. The van der Waals surface area contributed by atoms with Crippen molar-refractivity contribution in [1.82, 2.24) is 10.2 Å². The Hall–Kier alpha value is -2.09. The summed E-state index contributed by atoms with van der Waals surface area (Å²) < 4.78 is 4.71. The lowest BCUT2D eigenvalue weighted by Crippen LogP contribution is -2.49. The lowest BCUT2D eigenvalue weighted by Gasteiger charge is -2.33. The van der Waals surface area contributed by atoms with Gasteiger partial charge >= 0.3 is 18.0 Å². The number of rotatable bonds is 4. The summed E-state index contributed by atoms with van der Waals surface area (Å²) in [6, 6.07) is 0.137. The second-order valence-electron chi connectivity index (χ2n) is 4.45. The summed E-state index contributed by atoms with van der Waals surface area (Å²) in [6.07, 6.45) is 0.615. The average Bonchev–Trinajstić information content (AvgIpc) is 2.91. The Kier molecular flexibility index (Phi) is 4.79. The summed E-state index contributed by atoms with van der Waals surface area (Å²) in [5.41, 5.74) is 0.644. The summed E-state index contributed by atoms with van der Waals surface area (Å²) in [5, 5.41) is 13.6. The van der Waals surface area contributed by atoms with E-state index < -0.39 is 24.0 Å². The number of ether oxygens (including phenoxy) is 1. The van der Waals surface area contributed by atoms with Crippen LogP contribution >= 0.6 is 11.3 Å². The number of carboxylic acids is 1. The molecule has 21 heavy (non-hydrogen) atoms. The number of fused-ring (bicyclic) bond motifs is 1. The van der Waals surface area contributed by atoms with E-state index in [-0.39, 0.29) is 13.2 Å². The SMILES string of the molecule is CCOC(=O)CNC(=O)N1CCc2sccc2C1C(=O)O. The van der Waals surface area contributed by atoms with Crippen molar-refractivity contribution < 1.29 is 24.2 Å². The quantitative estimate of drug-likeness (QED) is 0.809. The zero-order chi connectivity index (χ0) is 15.4. The van der Waals surface area contributed by atoms with E-state index in [4.69, 9.17) is 4.74 Å². The molecule has 1 aliphatic heterocycles. The van der Waals surface area contributed by atoms with Gasteiger partial charge in [0.15, 0.2) is 6.04 Å². The third-order valence-electron chi connectivity index (χ3n) is 3.15. The van der Waals surface area contributed by atoms with E-state index in [9.17, 15) is 19.5 Å². The van der Waals surface area contributed by atoms with Crippen LogP contribution in [-0.4, -0.2) is 47.7 Å². The van der Waals surface area contributed by atoms with Crippen molar-refractivity contribution in [2.24, 2.45) is 0 Å². The molecule has 0 bridgehead atoms. The zero-order valence-electron chi connectivity index (χ0n) is 11.5. The van der Waals surface area contributed by atoms with E-state index in [0.29, 0.717) is 18.5 Å². The maximum atomic E-state index is 12.1. The van der Waals surface area contributed by atoms with E-state index in [1.54, 1.807) is 13.0 Å². The van der Waals surface area contributed by atoms with Gasteiger partial charge in [-0.3, -0.25) is 4.79 Å². The molecule has 8 heteroatoms. The Morgan fingerprint density at radius 1 is 1.52 bits per heavy atom. The molecular formula is C13H16N2O5S. The highest BCUT2D eigenvalue weighted by Crippen LogP contribution is 2.33. The number of amides is 2. The topological polar surface area (TPSA) is 95.9 Å². The third-order valence-corrected chi connectivity index (χ3v) is 4.15. The van der Waals surface area contributed by atoms with Crippen molar-refractivity contribution in [1.29, 1.82) is 0 Å². The van der Waals surface area contributed by atoms with Crippen LogP contribution in [0.25, 0.3) is 0 Å². The highest BCUT2D eigenvalue weighted by Gasteiger charge is 2.36. The van der Waals surface area contributed by atoms with Crippen molar-refractivity contribution >= 4 is 29.3 Å². The minimum atomic E-state index is -1.08. The van der Waals surface area contributed by atoms with Crippen LogP contribution in [0.15, 0.2) is 11.4 Å². The van der Waals surface area contributed by atoms with Gasteiger partial charge in [-0.1, -0.05) is 0 Å². The molecule has 0 spiro atoms. The lowest BCUT2D eigenvalue weighted by atomic mass is 10.0. The van der Waals surface area contributed by atoms with Gasteiger partial charge in [0.2, 0.25) is 0 Å². The van der Waals surface area contributed by atoms with Gasteiger partial charge in [0.25, 0.3) is 0 Å². The molecule has 114 valence electrons. The number of carbonyl (C=O) groups excluding carboxylic acids is 2. The van der Waals surface area contributed by atoms with Gasteiger partial charge in [-0.25, -0.2) is 9.59 Å². The number of thiophene rings is 1. The average molecular weight is 312 g/mol. The van der Waals surface area contributed by atoms with Gasteiger partial charge in [-0.2, -0.15) is 0 Å². The molecule has 0 aliphatic carbocycles. The molecule has 0 fully saturated rings. The van der Waals surface area contributed by atoms with E-state index in [2.05, 4.69) is 5.32 Å².